The summed E-state index contributed by atoms with van der Waals surface area (Å²) in [5.74, 6) is 0. The number of nitro benzene ring substituents is 1. The van der Waals surface area contributed by atoms with E-state index in [9.17, 15) is 10.1 Å². The molecule has 1 aromatic carbocycles. The highest BCUT2D eigenvalue weighted by molar-refractivity contribution is 6.32. The second-order valence-corrected chi connectivity index (χ2v) is 2.86. The van der Waals surface area contributed by atoms with Crippen LogP contribution in [0.2, 0.25) is 5.02 Å². The minimum Gasteiger partial charge on any atom is -0.399 e. The summed E-state index contributed by atoms with van der Waals surface area (Å²) in [4.78, 5) is 9.89. The molecule has 0 unspecified atom stereocenters. The van der Waals surface area contributed by atoms with Gasteiger partial charge in [0.2, 0.25) is 0 Å². The maximum absolute atomic E-state index is 10.4. The number of hydrogen-bond donors (Lipinski definition) is 1. The zero-order valence-electron chi connectivity index (χ0n) is 6.66. The smallest absolute Gasteiger partial charge is 0.288 e. The first-order valence-electron chi connectivity index (χ1n) is 3.41. The quantitative estimate of drug-likeness (QED) is 0.585. The number of nitrogens with zero attached hydrogens (tertiary/aromatic N) is 1. The summed E-state index contributed by atoms with van der Waals surface area (Å²) in [5.41, 5.74) is 6.00. The lowest BCUT2D eigenvalue weighted by Gasteiger charge is -2.00. The Morgan fingerprint density at radius 1 is 1.62 bits per heavy atom. The minimum absolute atomic E-state index is 0.0926. The molecule has 0 saturated heterocycles. The van der Waals surface area contributed by atoms with Crippen molar-refractivity contribution in [1.82, 2.24) is 0 Å². The van der Waals surface area contributed by atoms with Crippen LogP contribution in [0.1, 0.15) is 5.56 Å². The SMILES string of the molecule is C=C(N)c1ccc(Cl)c([N+](=O)[O-])c1. The molecule has 5 heteroatoms. The first-order chi connectivity index (χ1) is 6.02. The van der Waals surface area contributed by atoms with Crippen molar-refractivity contribution in [3.8, 4) is 0 Å². The van der Waals surface area contributed by atoms with Crippen LogP contribution in [0, 0.1) is 10.1 Å². The Kier molecular flexibility index (Phi) is 2.53. The molecule has 0 heterocycles. The molecule has 2 N–H and O–H groups in total. The Labute approximate surface area is 79.8 Å². The zero-order valence-corrected chi connectivity index (χ0v) is 7.41. The van der Waals surface area contributed by atoms with Crippen molar-refractivity contribution in [2.45, 2.75) is 0 Å². The van der Waals surface area contributed by atoms with E-state index >= 15 is 0 Å². The van der Waals surface area contributed by atoms with Gasteiger partial charge in [-0.1, -0.05) is 24.2 Å². The molecule has 0 bridgehead atoms. The predicted octanol–water partition coefficient (Wildman–Crippen LogP) is 2.18. The molecular weight excluding hydrogens is 192 g/mol. The molecule has 0 amide bonds. The Morgan fingerprint density at radius 3 is 2.69 bits per heavy atom. The number of halogens is 1. The van der Waals surface area contributed by atoms with Crippen LogP contribution in [-0.2, 0) is 0 Å². The molecule has 0 atom stereocenters. The van der Waals surface area contributed by atoms with Gasteiger partial charge in [-0.3, -0.25) is 10.1 Å². The van der Waals surface area contributed by atoms with Crippen molar-refractivity contribution in [3.05, 3.63) is 45.5 Å². The molecule has 0 radical (unpaired) electrons. The lowest BCUT2D eigenvalue weighted by molar-refractivity contribution is -0.384. The summed E-state index contributed by atoms with van der Waals surface area (Å²) in [6.45, 7) is 3.47. The average Bonchev–Trinajstić information content (AvgIpc) is 2.04. The van der Waals surface area contributed by atoms with Crippen molar-refractivity contribution >= 4 is 23.0 Å². The monoisotopic (exact) mass is 198 g/mol. The number of nitro groups is 1. The van der Waals surface area contributed by atoms with E-state index in [0.717, 1.165) is 0 Å². The first kappa shape index (κ1) is 9.54. The first-order valence-corrected chi connectivity index (χ1v) is 3.79. The van der Waals surface area contributed by atoms with Gasteiger partial charge >= 0.3 is 0 Å². The Hall–Kier alpha value is -1.55. The average molecular weight is 199 g/mol. The molecule has 68 valence electrons. The van der Waals surface area contributed by atoms with Gasteiger partial charge in [-0.15, -0.1) is 0 Å². The maximum Gasteiger partial charge on any atom is 0.288 e. The number of rotatable bonds is 2. The summed E-state index contributed by atoms with van der Waals surface area (Å²) in [7, 11) is 0. The molecule has 0 saturated carbocycles. The summed E-state index contributed by atoms with van der Waals surface area (Å²) in [5, 5.41) is 10.5. The fourth-order valence-corrected chi connectivity index (χ4v) is 1.04. The zero-order chi connectivity index (χ0) is 10.0. The highest BCUT2D eigenvalue weighted by Crippen LogP contribution is 2.26. The molecular formula is C8H7ClN2O2. The molecule has 0 fully saturated rings. The van der Waals surface area contributed by atoms with Gasteiger partial charge in [0, 0.05) is 17.3 Å². The van der Waals surface area contributed by atoms with Gasteiger partial charge in [-0.05, 0) is 6.07 Å². The van der Waals surface area contributed by atoms with Crippen molar-refractivity contribution in [3.63, 3.8) is 0 Å². The molecule has 0 aliphatic heterocycles. The summed E-state index contributed by atoms with van der Waals surface area (Å²) in [6, 6.07) is 4.30. The highest BCUT2D eigenvalue weighted by Gasteiger charge is 2.12. The van der Waals surface area contributed by atoms with Gasteiger partial charge in [0.05, 0.1) is 4.92 Å². The van der Waals surface area contributed by atoms with Crippen molar-refractivity contribution in [2.24, 2.45) is 5.73 Å². The fraction of sp³-hybridized carbons (Fsp3) is 0. The second-order valence-electron chi connectivity index (χ2n) is 2.45. The number of nitrogens with two attached hydrogens (primary N) is 1. The molecule has 0 aliphatic carbocycles. The molecule has 1 rings (SSSR count). The summed E-state index contributed by atoms with van der Waals surface area (Å²) < 4.78 is 0. The Balaban J connectivity index is 3.27. The molecule has 4 nitrogen and oxygen atoms in total. The number of hydrogen-bond acceptors (Lipinski definition) is 3. The van der Waals surface area contributed by atoms with E-state index in [4.69, 9.17) is 17.3 Å². The van der Waals surface area contributed by atoms with Crippen molar-refractivity contribution in [2.75, 3.05) is 0 Å². The van der Waals surface area contributed by atoms with E-state index in [2.05, 4.69) is 6.58 Å². The molecule has 0 aliphatic rings. The van der Waals surface area contributed by atoms with Gasteiger partial charge in [0.15, 0.2) is 0 Å². The molecule has 13 heavy (non-hydrogen) atoms. The van der Waals surface area contributed by atoms with Crippen LogP contribution in [0.25, 0.3) is 5.70 Å². The molecule has 1 aromatic rings. The minimum atomic E-state index is -0.561. The van der Waals surface area contributed by atoms with Crippen LogP contribution in [0.3, 0.4) is 0 Å². The third-order valence-corrected chi connectivity index (χ3v) is 1.83. The van der Waals surface area contributed by atoms with Crippen LogP contribution in [0.15, 0.2) is 24.8 Å². The predicted molar refractivity (Wildman–Crippen MR) is 51.3 cm³/mol. The largest absolute Gasteiger partial charge is 0.399 e. The van der Waals surface area contributed by atoms with E-state index in [-0.39, 0.29) is 16.4 Å². The van der Waals surface area contributed by atoms with E-state index in [1.165, 1.54) is 12.1 Å². The van der Waals surface area contributed by atoms with E-state index in [1.807, 2.05) is 0 Å². The summed E-state index contributed by atoms with van der Waals surface area (Å²) in [6.07, 6.45) is 0. The van der Waals surface area contributed by atoms with Crippen LogP contribution in [-0.4, -0.2) is 4.92 Å². The van der Waals surface area contributed by atoms with Gasteiger partial charge in [0.1, 0.15) is 5.02 Å². The summed E-state index contributed by atoms with van der Waals surface area (Å²) >= 11 is 5.58. The Morgan fingerprint density at radius 2 is 2.23 bits per heavy atom. The van der Waals surface area contributed by atoms with Gasteiger partial charge in [0.25, 0.3) is 5.69 Å². The standard InChI is InChI=1S/C8H7ClN2O2/c1-5(10)6-2-3-7(9)8(4-6)11(12)13/h2-4H,1,10H2. The topological polar surface area (TPSA) is 69.2 Å². The third-order valence-electron chi connectivity index (χ3n) is 1.51. The lowest BCUT2D eigenvalue weighted by atomic mass is 10.1. The van der Waals surface area contributed by atoms with Crippen LogP contribution in [0.5, 0.6) is 0 Å². The van der Waals surface area contributed by atoms with E-state index < -0.39 is 4.92 Å². The van der Waals surface area contributed by atoms with E-state index in [1.54, 1.807) is 6.07 Å². The van der Waals surface area contributed by atoms with Gasteiger partial charge in [-0.2, -0.15) is 0 Å². The fourth-order valence-electron chi connectivity index (χ4n) is 0.852. The lowest BCUT2D eigenvalue weighted by Crippen LogP contribution is -1.96. The van der Waals surface area contributed by atoms with Crippen LogP contribution < -0.4 is 5.73 Å². The third kappa shape index (κ3) is 1.97. The maximum atomic E-state index is 10.4. The molecule has 0 spiro atoms. The van der Waals surface area contributed by atoms with Crippen LogP contribution >= 0.6 is 11.6 Å². The van der Waals surface area contributed by atoms with Crippen molar-refractivity contribution in [1.29, 1.82) is 0 Å². The molecule has 0 aromatic heterocycles. The normalized spacial score (nSPS) is 9.62. The Bertz CT molecular complexity index is 376. The highest BCUT2D eigenvalue weighted by atomic mass is 35.5. The second kappa shape index (κ2) is 3.45. The van der Waals surface area contributed by atoms with Gasteiger partial charge < -0.3 is 5.73 Å². The van der Waals surface area contributed by atoms with Gasteiger partial charge in [-0.25, -0.2) is 0 Å². The van der Waals surface area contributed by atoms with Crippen LogP contribution in [0.4, 0.5) is 5.69 Å². The van der Waals surface area contributed by atoms with E-state index in [0.29, 0.717) is 5.56 Å². The number of benzene rings is 1. The van der Waals surface area contributed by atoms with Crippen molar-refractivity contribution < 1.29 is 4.92 Å².